The first-order chi connectivity index (χ1) is 20.7. The van der Waals surface area contributed by atoms with Crippen LogP contribution in [0, 0.1) is 34.5 Å². The van der Waals surface area contributed by atoms with Crippen LogP contribution in [-0.2, 0) is 30.4 Å². The Morgan fingerprint density at radius 2 is 1.58 bits per heavy atom. The summed E-state index contributed by atoms with van der Waals surface area (Å²) in [5.41, 5.74) is -6.31. The maximum absolute atomic E-state index is 14.8. The fourth-order valence-electron chi connectivity index (χ4n) is 8.85. The molecule has 0 heterocycles. The minimum absolute atomic E-state index is 0.0616. The highest BCUT2D eigenvalue weighted by Crippen LogP contribution is 2.71. The molecule has 0 spiro atoms. The van der Waals surface area contributed by atoms with Crippen LogP contribution >= 0.6 is 0 Å². The first-order valence-corrected chi connectivity index (χ1v) is 15.8. The Hall–Kier alpha value is -3.59. The average Bonchev–Trinajstić information content (AvgIpc) is 2.92. The summed E-state index contributed by atoms with van der Waals surface area (Å²) in [7, 11) is 0. The second kappa shape index (κ2) is 11.3. The van der Waals surface area contributed by atoms with Crippen molar-refractivity contribution >= 4 is 34.7 Å². The molecule has 9 heteroatoms. The Labute approximate surface area is 264 Å². The third-order valence-electron chi connectivity index (χ3n) is 11.1. The fourth-order valence-corrected chi connectivity index (χ4v) is 8.85. The lowest BCUT2D eigenvalue weighted by Gasteiger charge is -2.65. The molecule has 4 N–H and O–H groups in total. The minimum atomic E-state index is -2.85. The van der Waals surface area contributed by atoms with Gasteiger partial charge in [-0.3, -0.25) is 24.0 Å². The van der Waals surface area contributed by atoms with E-state index in [-0.39, 0.29) is 65.6 Å². The molecule has 3 aliphatic rings. The predicted molar refractivity (Wildman–Crippen MR) is 167 cm³/mol. The zero-order valence-electron chi connectivity index (χ0n) is 27.7. The third-order valence-corrected chi connectivity index (χ3v) is 11.1. The van der Waals surface area contributed by atoms with E-state index in [4.69, 9.17) is 0 Å². The van der Waals surface area contributed by atoms with Crippen molar-refractivity contribution in [3.8, 4) is 5.75 Å². The summed E-state index contributed by atoms with van der Waals surface area (Å²) in [6, 6.07) is 3.31. The van der Waals surface area contributed by atoms with Crippen molar-refractivity contribution in [3.63, 3.8) is 0 Å². The van der Waals surface area contributed by atoms with Crippen LogP contribution in [0.4, 0.5) is 0 Å². The van der Waals surface area contributed by atoms with Gasteiger partial charge in [0.1, 0.15) is 34.4 Å². The average molecular weight is 623 g/mol. The first kappa shape index (κ1) is 34.3. The molecule has 244 valence electrons. The van der Waals surface area contributed by atoms with Crippen LogP contribution < -0.4 is 0 Å². The number of benzene rings is 1. The van der Waals surface area contributed by atoms with Gasteiger partial charge < -0.3 is 20.4 Å². The Morgan fingerprint density at radius 1 is 0.978 bits per heavy atom. The van der Waals surface area contributed by atoms with E-state index in [1.807, 2.05) is 13.8 Å². The minimum Gasteiger partial charge on any atom is -0.508 e. The van der Waals surface area contributed by atoms with Crippen LogP contribution in [0.3, 0.4) is 0 Å². The van der Waals surface area contributed by atoms with Crippen LogP contribution in [0.15, 0.2) is 29.0 Å². The van der Waals surface area contributed by atoms with E-state index in [9.17, 15) is 44.4 Å². The summed E-state index contributed by atoms with van der Waals surface area (Å²) < 4.78 is 0. The van der Waals surface area contributed by atoms with Crippen molar-refractivity contribution in [2.75, 3.05) is 0 Å². The quantitative estimate of drug-likeness (QED) is 0.260. The highest BCUT2D eigenvalue weighted by Gasteiger charge is 2.76. The molecule has 0 saturated heterocycles. The SMILES string of the molecule is CCC(=O)C[C@@H]1[C@]2(C)C(=C(O)c3c(ccc(CC(=O)CC(C)C)c3O)[C@H]2C)C(=O)[C@@]2(O)C(O)=C(C(C)=O)C(=O)C(C(C)C)[C@@]12C. The zero-order chi connectivity index (χ0) is 34.1. The number of aromatic hydroxyl groups is 1. The Balaban J connectivity index is 2.13. The van der Waals surface area contributed by atoms with Crippen LogP contribution in [0.5, 0.6) is 5.75 Å². The number of phenolic OH excluding ortho intramolecular Hbond substituents is 1. The van der Waals surface area contributed by atoms with Crippen molar-refractivity contribution in [1.82, 2.24) is 0 Å². The standard InChI is InChI=1S/C36H46O9/c1-10-21(38)15-24-34(8)18(6)23-12-11-20(14-22(39)13-16(2)3)29(40)26(23)31(42)28(34)33(44)36(45)32(43)25(19(7)37)30(41)27(17(4)5)35(24,36)9/h11-12,16-18,24,27,40,42-43,45H,10,13-15H2,1-9H3/t18-,24-,27?,34-,35-,36+/m1/s1. The highest BCUT2D eigenvalue weighted by atomic mass is 16.3. The van der Waals surface area contributed by atoms with Crippen LogP contribution in [-0.4, -0.2) is 54.9 Å². The van der Waals surface area contributed by atoms with Gasteiger partial charge in [0.25, 0.3) is 0 Å². The second-order valence-corrected chi connectivity index (χ2v) is 14.4. The van der Waals surface area contributed by atoms with E-state index < -0.39 is 74.5 Å². The van der Waals surface area contributed by atoms with E-state index in [0.717, 1.165) is 6.92 Å². The van der Waals surface area contributed by atoms with Crippen molar-refractivity contribution in [2.24, 2.45) is 34.5 Å². The maximum atomic E-state index is 14.8. The number of phenols is 1. The van der Waals surface area contributed by atoms with Crippen LogP contribution in [0.25, 0.3) is 5.76 Å². The molecule has 1 aromatic rings. The van der Waals surface area contributed by atoms with Crippen molar-refractivity contribution < 1.29 is 44.4 Å². The Bertz CT molecular complexity index is 1580. The molecular formula is C36H46O9. The topological polar surface area (TPSA) is 166 Å². The smallest absolute Gasteiger partial charge is 0.203 e. The van der Waals surface area contributed by atoms with E-state index in [0.29, 0.717) is 5.56 Å². The number of allylic oxidation sites excluding steroid dienone is 1. The molecule has 3 aliphatic carbocycles. The molecule has 1 fully saturated rings. The fraction of sp³-hybridized carbons (Fsp3) is 0.583. The van der Waals surface area contributed by atoms with E-state index in [1.54, 1.807) is 46.8 Å². The lowest BCUT2D eigenvalue weighted by Crippen LogP contribution is -2.73. The van der Waals surface area contributed by atoms with Crippen molar-refractivity contribution in [2.45, 2.75) is 99.5 Å². The summed E-state index contributed by atoms with van der Waals surface area (Å²) in [4.78, 5) is 67.6. The molecule has 1 aromatic carbocycles. The lowest BCUT2D eigenvalue weighted by molar-refractivity contribution is -0.199. The highest BCUT2D eigenvalue weighted by molar-refractivity contribution is 6.24. The first-order valence-electron chi connectivity index (χ1n) is 15.8. The molecular weight excluding hydrogens is 576 g/mol. The molecule has 4 rings (SSSR count). The second-order valence-electron chi connectivity index (χ2n) is 14.4. The molecule has 0 radical (unpaired) electrons. The molecule has 0 amide bonds. The number of aliphatic hydroxyl groups excluding tert-OH is 2. The molecule has 6 atom stereocenters. The van der Waals surface area contributed by atoms with Gasteiger partial charge in [-0.2, -0.15) is 0 Å². The van der Waals surface area contributed by atoms with Crippen molar-refractivity contribution in [3.05, 3.63) is 45.7 Å². The van der Waals surface area contributed by atoms with Crippen molar-refractivity contribution in [1.29, 1.82) is 0 Å². The number of fused-ring (bicyclic) bond motifs is 3. The van der Waals surface area contributed by atoms with E-state index in [1.165, 1.54) is 6.92 Å². The number of hydrogen-bond acceptors (Lipinski definition) is 9. The Kier molecular flexibility index (Phi) is 8.64. The van der Waals surface area contributed by atoms with E-state index in [2.05, 4.69) is 0 Å². The number of Topliss-reactive ketones (excluding diaryl/α,β-unsaturated/α-hetero) is 5. The molecule has 1 saturated carbocycles. The normalized spacial score (nSPS) is 31.2. The van der Waals surface area contributed by atoms with Gasteiger partial charge in [-0.1, -0.05) is 67.5 Å². The lowest BCUT2D eigenvalue weighted by atomic mass is 9.37. The van der Waals surface area contributed by atoms with Gasteiger partial charge in [0.05, 0.1) is 5.56 Å². The van der Waals surface area contributed by atoms with Gasteiger partial charge >= 0.3 is 0 Å². The molecule has 45 heavy (non-hydrogen) atoms. The van der Waals surface area contributed by atoms with Gasteiger partial charge in [-0.05, 0) is 36.2 Å². The summed E-state index contributed by atoms with van der Waals surface area (Å²) in [5, 5.41) is 47.6. The van der Waals surface area contributed by atoms with E-state index >= 15 is 0 Å². The summed E-state index contributed by atoms with van der Waals surface area (Å²) in [6.45, 7) is 15.0. The number of aliphatic hydroxyl groups is 3. The largest absolute Gasteiger partial charge is 0.508 e. The summed E-state index contributed by atoms with van der Waals surface area (Å²) >= 11 is 0. The van der Waals surface area contributed by atoms with Gasteiger partial charge in [0.15, 0.2) is 17.2 Å². The molecule has 0 bridgehead atoms. The maximum Gasteiger partial charge on any atom is 0.203 e. The third kappa shape index (κ3) is 4.55. The molecule has 0 aliphatic heterocycles. The van der Waals surface area contributed by atoms with Gasteiger partial charge in [-0.25, -0.2) is 0 Å². The summed E-state index contributed by atoms with van der Waals surface area (Å²) in [6.07, 6.45) is 0.122. The van der Waals surface area contributed by atoms with Crippen LogP contribution in [0.2, 0.25) is 0 Å². The zero-order valence-corrected chi connectivity index (χ0v) is 27.7. The van der Waals surface area contributed by atoms with Gasteiger partial charge in [0.2, 0.25) is 5.78 Å². The molecule has 0 aromatic heterocycles. The number of hydrogen-bond donors (Lipinski definition) is 4. The monoisotopic (exact) mass is 622 g/mol. The number of carbonyl (C=O) groups is 5. The summed E-state index contributed by atoms with van der Waals surface area (Å²) in [5.74, 6) is -8.25. The predicted octanol–water partition coefficient (Wildman–Crippen LogP) is 5.50. The van der Waals surface area contributed by atoms with Gasteiger partial charge in [-0.15, -0.1) is 0 Å². The Morgan fingerprint density at radius 3 is 2.09 bits per heavy atom. The van der Waals surface area contributed by atoms with Gasteiger partial charge in [0, 0.05) is 53.6 Å². The number of ketones is 5. The molecule has 1 unspecified atom stereocenters. The van der Waals surface area contributed by atoms with Crippen LogP contribution in [0.1, 0.15) is 104 Å². The number of rotatable bonds is 9. The molecule has 9 nitrogen and oxygen atoms in total. The number of carbonyl (C=O) groups excluding carboxylic acids is 5.